The van der Waals surface area contributed by atoms with Gasteiger partial charge in [-0.15, -0.1) is 0 Å². The molecule has 124 valence electrons. The second kappa shape index (κ2) is 7.81. The van der Waals surface area contributed by atoms with E-state index in [2.05, 4.69) is 10.3 Å². The Morgan fingerprint density at radius 1 is 1.30 bits per heavy atom. The zero-order valence-corrected chi connectivity index (χ0v) is 14.2. The summed E-state index contributed by atoms with van der Waals surface area (Å²) in [4.78, 5) is 16.2. The highest BCUT2D eigenvalue weighted by molar-refractivity contribution is 5.76. The molecule has 0 atom stereocenters. The third kappa shape index (κ3) is 4.84. The van der Waals surface area contributed by atoms with E-state index in [4.69, 9.17) is 9.15 Å². The van der Waals surface area contributed by atoms with Crippen molar-refractivity contribution in [1.82, 2.24) is 10.3 Å². The predicted octanol–water partition coefficient (Wildman–Crippen LogP) is 3.36. The van der Waals surface area contributed by atoms with Crippen LogP contribution in [-0.4, -0.2) is 24.5 Å². The number of methoxy groups -OCH3 is 1. The summed E-state index contributed by atoms with van der Waals surface area (Å²) < 4.78 is 10.9. The van der Waals surface area contributed by atoms with Gasteiger partial charge in [0.25, 0.3) is 0 Å². The van der Waals surface area contributed by atoms with Gasteiger partial charge in [-0.25, -0.2) is 4.98 Å². The molecule has 0 fully saturated rings. The lowest BCUT2D eigenvalue weighted by molar-refractivity contribution is -0.121. The van der Waals surface area contributed by atoms with Gasteiger partial charge in [0.1, 0.15) is 11.5 Å². The van der Waals surface area contributed by atoms with Gasteiger partial charge >= 0.3 is 0 Å². The second-order valence-corrected chi connectivity index (χ2v) is 5.95. The van der Waals surface area contributed by atoms with E-state index in [1.807, 2.05) is 45.0 Å². The molecular weight excluding hydrogens is 292 g/mol. The third-order valence-corrected chi connectivity index (χ3v) is 3.51. The summed E-state index contributed by atoms with van der Waals surface area (Å²) in [6.45, 7) is 6.53. The molecule has 1 amide bonds. The first-order valence-electron chi connectivity index (χ1n) is 7.87. The highest BCUT2D eigenvalue weighted by Gasteiger charge is 2.12. The van der Waals surface area contributed by atoms with Gasteiger partial charge in [0.15, 0.2) is 0 Å². The zero-order chi connectivity index (χ0) is 16.8. The number of benzene rings is 1. The molecule has 0 bridgehead atoms. The molecule has 5 nitrogen and oxygen atoms in total. The lowest BCUT2D eigenvalue weighted by Crippen LogP contribution is -2.26. The van der Waals surface area contributed by atoms with Gasteiger partial charge in [-0.2, -0.15) is 0 Å². The average molecular weight is 316 g/mol. The Bertz CT molecular complexity index is 645. The normalized spacial score (nSPS) is 10.8. The number of nitrogens with zero attached hydrogens (tertiary/aromatic N) is 1. The minimum absolute atomic E-state index is 0.0801. The number of rotatable bonds is 7. The third-order valence-electron chi connectivity index (χ3n) is 3.51. The monoisotopic (exact) mass is 316 g/mol. The molecule has 1 N–H and O–H groups in total. The number of nitrogens with one attached hydrogen (secondary N) is 1. The Morgan fingerprint density at radius 2 is 2.00 bits per heavy atom. The van der Waals surface area contributed by atoms with E-state index < -0.39 is 0 Å². The molecule has 0 unspecified atom stereocenters. The Labute approximate surface area is 137 Å². The van der Waals surface area contributed by atoms with Crippen molar-refractivity contribution in [2.24, 2.45) is 5.92 Å². The zero-order valence-electron chi connectivity index (χ0n) is 14.2. The molecule has 2 rings (SSSR count). The number of carbonyl (C=O) groups is 1. The van der Waals surface area contributed by atoms with Crippen LogP contribution in [0.2, 0.25) is 0 Å². The summed E-state index contributed by atoms with van der Waals surface area (Å²) in [5, 5.41) is 2.92. The van der Waals surface area contributed by atoms with E-state index in [9.17, 15) is 4.79 Å². The highest BCUT2D eigenvalue weighted by atomic mass is 16.5. The Kier molecular flexibility index (Phi) is 5.79. The van der Waals surface area contributed by atoms with Crippen LogP contribution < -0.4 is 10.1 Å². The van der Waals surface area contributed by atoms with Crippen molar-refractivity contribution in [2.75, 3.05) is 13.7 Å². The van der Waals surface area contributed by atoms with E-state index in [0.717, 1.165) is 22.8 Å². The van der Waals surface area contributed by atoms with Crippen LogP contribution in [0.5, 0.6) is 5.75 Å². The van der Waals surface area contributed by atoms with Gasteiger partial charge in [-0.3, -0.25) is 4.79 Å². The Hall–Kier alpha value is -2.30. The van der Waals surface area contributed by atoms with Gasteiger partial charge in [0.2, 0.25) is 11.8 Å². The van der Waals surface area contributed by atoms with E-state index in [1.165, 1.54) is 0 Å². The molecule has 0 aliphatic rings. The molecule has 5 heteroatoms. The van der Waals surface area contributed by atoms with Crippen LogP contribution in [0, 0.1) is 12.8 Å². The number of aromatic nitrogens is 1. The minimum atomic E-state index is 0.0801. The van der Waals surface area contributed by atoms with Crippen LogP contribution in [0.25, 0.3) is 11.5 Å². The molecule has 2 aromatic rings. The fourth-order valence-corrected chi connectivity index (χ4v) is 2.28. The van der Waals surface area contributed by atoms with Crippen molar-refractivity contribution in [3.8, 4) is 17.2 Å². The van der Waals surface area contributed by atoms with Crippen LogP contribution in [0.15, 0.2) is 28.7 Å². The topological polar surface area (TPSA) is 64.4 Å². The van der Waals surface area contributed by atoms with Crippen LogP contribution >= 0.6 is 0 Å². The molecular formula is C18H24N2O3. The Balaban J connectivity index is 1.96. The maximum atomic E-state index is 11.6. The van der Waals surface area contributed by atoms with Crippen molar-refractivity contribution in [2.45, 2.75) is 33.6 Å². The second-order valence-electron chi connectivity index (χ2n) is 5.95. The fraction of sp³-hybridized carbons (Fsp3) is 0.444. The standard InChI is InChI=1S/C18H24N2O3/c1-12(2)11-17(21)19-10-9-16-13(3)23-18(20-16)14-5-7-15(22-4)8-6-14/h5-8,12H,9-11H2,1-4H3,(H,19,21). The highest BCUT2D eigenvalue weighted by Crippen LogP contribution is 2.24. The summed E-state index contributed by atoms with van der Waals surface area (Å²) in [7, 11) is 1.63. The molecule has 23 heavy (non-hydrogen) atoms. The predicted molar refractivity (Wildman–Crippen MR) is 89.4 cm³/mol. The van der Waals surface area contributed by atoms with Crippen molar-refractivity contribution < 1.29 is 13.9 Å². The van der Waals surface area contributed by atoms with Crippen LogP contribution in [-0.2, 0) is 11.2 Å². The molecule has 0 spiro atoms. The van der Waals surface area contributed by atoms with Crippen LogP contribution in [0.4, 0.5) is 0 Å². The average Bonchev–Trinajstić information content (AvgIpc) is 2.88. The van der Waals surface area contributed by atoms with Gasteiger partial charge < -0.3 is 14.5 Å². The smallest absolute Gasteiger partial charge is 0.226 e. The summed E-state index contributed by atoms with van der Waals surface area (Å²) in [6, 6.07) is 7.58. The molecule has 0 aliphatic heterocycles. The molecule has 0 saturated carbocycles. The molecule has 0 aliphatic carbocycles. The number of carbonyl (C=O) groups excluding carboxylic acids is 1. The van der Waals surface area contributed by atoms with E-state index in [1.54, 1.807) is 7.11 Å². The number of amides is 1. The Morgan fingerprint density at radius 3 is 2.61 bits per heavy atom. The number of ether oxygens (including phenoxy) is 1. The number of oxazole rings is 1. The van der Waals surface area contributed by atoms with Crippen LogP contribution in [0.3, 0.4) is 0 Å². The first kappa shape index (κ1) is 17.1. The molecule has 0 radical (unpaired) electrons. The van der Waals surface area contributed by atoms with Gasteiger partial charge in [0.05, 0.1) is 12.8 Å². The van der Waals surface area contributed by atoms with E-state index >= 15 is 0 Å². The lowest BCUT2D eigenvalue weighted by atomic mass is 10.1. The van der Waals surface area contributed by atoms with Crippen molar-refractivity contribution in [1.29, 1.82) is 0 Å². The van der Waals surface area contributed by atoms with E-state index in [-0.39, 0.29) is 5.91 Å². The summed E-state index contributed by atoms with van der Waals surface area (Å²) in [6.07, 6.45) is 1.21. The van der Waals surface area contributed by atoms with Crippen molar-refractivity contribution in [3.05, 3.63) is 35.7 Å². The van der Waals surface area contributed by atoms with Gasteiger partial charge in [-0.05, 0) is 37.1 Å². The lowest BCUT2D eigenvalue weighted by Gasteiger charge is -2.05. The fourth-order valence-electron chi connectivity index (χ4n) is 2.28. The molecule has 1 heterocycles. The maximum Gasteiger partial charge on any atom is 0.226 e. The molecule has 1 aromatic carbocycles. The number of hydrogen-bond donors (Lipinski definition) is 1. The summed E-state index contributed by atoms with van der Waals surface area (Å²) in [5.41, 5.74) is 1.78. The first-order valence-corrected chi connectivity index (χ1v) is 7.87. The number of hydrogen-bond acceptors (Lipinski definition) is 4. The number of aryl methyl sites for hydroxylation is 1. The van der Waals surface area contributed by atoms with Gasteiger partial charge in [-0.1, -0.05) is 13.8 Å². The largest absolute Gasteiger partial charge is 0.497 e. The summed E-state index contributed by atoms with van der Waals surface area (Å²) in [5.74, 6) is 2.62. The molecule has 0 saturated heterocycles. The van der Waals surface area contributed by atoms with E-state index in [0.29, 0.717) is 31.2 Å². The van der Waals surface area contributed by atoms with Crippen LogP contribution in [0.1, 0.15) is 31.7 Å². The maximum absolute atomic E-state index is 11.6. The SMILES string of the molecule is COc1ccc(-c2nc(CCNC(=O)CC(C)C)c(C)o2)cc1. The molecule has 1 aromatic heterocycles. The quantitative estimate of drug-likeness (QED) is 0.850. The summed E-state index contributed by atoms with van der Waals surface area (Å²) >= 11 is 0. The minimum Gasteiger partial charge on any atom is -0.497 e. The van der Waals surface area contributed by atoms with Gasteiger partial charge in [0, 0.05) is 24.9 Å². The van der Waals surface area contributed by atoms with Crippen molar-refractivity contribution >= 4 is 5.91 Å². The van der Waals surface area contributed by atoms with Crippen molar-refractivity contribution in [3.63, 3.8) is 0 Å². The first-order chi connectivity index (χ1) is 11.0.